The number of hydrogen-bond donors (Lipinski definition) is 2. The van der Waals surface area contributed by atoms with Gasteiger partial charge in [0.1, 0.15) is 4.90 Å². The van der Waals surface area contributed by atoms with Gasteiger partial charge in [0.25, 0.3) is 15.9 Å². The predicted octanol–water partition coefficient (Wildman–Crippen LogP) is 3.29. The van der Waals surface area contributed by atoms with E-state index in [0.717, 1.165) is 25.7 Å². The van der Waals surface area contributed by atoms with Crippen LogP contribution < -0.4 is 10.3 Å². The van der Waals surface area contributed by atoms with Crippen LogP contribution in [-0.2, 0) is 22.9 Å². The van der Waals surface area contributed by atoms with Crippen LogP contribution in [0, 0.1) is 0 Å². The highest BCUT2D eigenvalue weighted by Gasteiger charge is 2.20. The molecule has 2 aromatic rings. The molecule has 1 aliphatic carbocycles. The van der Waals surface area contributed by atoms with Crippen molar-refractivity contribution in [2.45, 2.75) is 37.0 Å². The molecule has 0 saturated carbocycles. The minimum absolute atomic E-state index is 0.0751. The van der Waals surface area contributed by atoms with Crippen LogP contribution >= 0.6 is 22.9 Å². The maximum atomic E-state index is 12.3. The topological polar surface area (TPSA) is 75.3 Å². The molecule has 1 heterocycles. The lowest BCUT2D eigenvalue weighted by Gasteiger charge is -2.08. The molecule has 1 aromatic heterocycles. The average molecular weight is 385 g/mol. The number of hydrogen-bond acceptors (Lipinski definition) is 4. The lowest BCUT2D eigenvalue weighted by molar-refractivity contribution is 0.0949. The van der Waals surface area contributed by atoms with Gasteiger partial charge in [0.2, 0.25) is 0 Å². The quantitative estimate of drug-likeness (QED) is 0.627. The fraction of sp³-hybridized carbons (Fsp3) is 0.312. The molecule has 2 N–H and O–H groups in total. The molecule has 24 heavy (non-hydrogen) atoms. The Hall–Kier alpha value is -1.41. The molecule has 0 radical (unpaired) electrons. The van der Waals surface area contributed by atoms with Crippen molar-refractivity contribution < 1.29 is 13.2 Å². The Kier molecular flexibility index (Phi) is 5.24. The summed E-state index contributed by atoms with van der Waals surface area (Å²) in [5.74, 6) is -0.455. The van der Waals surface area contributed by atoms with Crippen molar-refractivity contribution in [3.8, 4) is 0 Å². The van der Waals surface area contributed by atoms with E-state index < -0.39 is 15.9 Å². The van der Waals surface area contributed by atoms with Crippen molar-refractivity contribution in [1.82, 2.24) is 10.3 Å². The van der Waals surface area contributed by atoms with E-state index in [2.05, 4.69) is 10.3 Å². The lowest BCUT2D eigenvalue weighted by Crippen LogP contribution is -2.41. The Labute approximate surface area is 150 Å². The second-order valence-electron chi connectivity index (χ2n) is 5.61. The summed E-state index contributed by atoms with van der Waals surface area (Å²) in [6.45, 7) is 0. The van der Waals surface area contributed by atoms with E-state index in [0.29, 0.717) is 4.88 Å². The van der Waals surface area contributed by atoms with Crippen LogP contribution in [0.25, 0.3) is 0 Å². The van der Waals surface area contributed by atoms with Gasteiger partial charge in [-0.3, -0.25) is 10.2 Å². The summed E-state index contributed by atoms with van der Waals surface area (Å²) >= 11 is 7.33. The Morgan fingerprint density at radius 3 is 2.67 bits per heavy atom. The molecule has 128 valence electrons. The largest absolute Gasteiger partial charge is 0.276 e. The zero-order chi connectivity index (χ0) is 17.2. The number of halogens is 1. The summed E-state index contributed by atoms with van der Waals surface area (Å²) in [4.78, 5) is 16.0. The summed E-state index contributed by atoms with van der Waals surface area (Å²) in [7, 11) is -3.91. The molecule has 5 nitrogen and oxygen atoms in total. The van der Waals surface area contributed by atoms with E-state index in [-0.39, 0.29) is 9.92 Å². The molecule has 3 rings (SSSR count). The highest BCUT2D eigenvalue weighted by Crippen LogP contribution is 2.29. The molecule has 1 amide bonds. The van der Waals surface area contributed by atoms with Crippen molar-refractivity contribution in [2.75, 3.05) is 0 Å². The Balaban J connectivity index is 1.71. The predicted molar refractivity (Wildman–Crippen MR) is 94.8 cm³/mol. The fourth-order valence-electron chi connectivity index (χ4n) is 2.67. The van der Waals surface area contributed by atoms with Gasteiger partial charge in [-0.05, 0) is 49.4 Å². The first kappa shape index (κ1) is 17.4. The van der Waals surface area contributed by atoms with E-state index in [4.69, 9.17) is 11.6 Å². The third-order valence-corrected chi connectivity index (χ3v) is 6.88. The molecule has 0 spiro atoms. The third kappa shape index (κ3) is 3.80. The van der Waals surface area contributed by atoms with Gasteiger partial charge in [0.15, 0.2) is 0 Å². The standard InChI is InChI=1S/C16H17ClN2O3S2/c17-12-7-4-5-9-15(12)24(21,22)19-18-16(20)14-10-11-6-2-1-3-8-13(11)23-14/h4-5,7,9-10,19H,1-3,6,8H2,(H,18,20). The molecule has 0 unspecified atom stereocenters. The molecule has 1 aromatic carbocycles. The molecule has 0 aliphatic heterocycles. The van der Waals surface area contributed by atoms with Crippen molar-refractivity contribution in [1.29, 1.82) is 0 Å². The molecule has 0 fully saturated rings. The third-order valence-electron chi connectivity index (χ3n) is 3.90. The van der Waals surface area contributed by atoms with Crippen LogP contribution in [0.5, 0.6) is 0 Å². The van der Waals surface area contributed by atoms with Gasteiger partial charge in [0.05, 0.1) is 9.90 Å². The van der Waals surface area contributed by atoms with E-state index in [1.165, 1.54) is 40.3 Å². The fourth-order valence-corrected chi connectivity index (χ4v) is 5.18. The van der Waals surface area contributed by atoms with Gasteiger partial charge in [-0.1, -0.05) is 30.2 Å². The highest BCUT2D eigenvalue weighted by molar-refractivity contribution is 7.89. The summed E-state index contributed by atoms with van der Waals surface area (Å²) in [5, 5.41) is 0.0992. The number of fused-ring (bicyclic) bond motifs is 1. The normalized spacial score (nSPS) is 14.7. The summed E-state index contributed by atoms with van der Waals surface area (Å²) < 4.78 is 24.4. The summed E-state index contributed by atoms with van der Waals surface area (Å²) in [6, 6.07) is 7.93. The zero-order valence-corrected chi connectivity index (χ0v) is 15.2. The van der Waals surface area contributed by atoms with Crippen LogP contribution in [0.15, 0.2) is 35.2 Å². The smallest absolute Gasteiger partial charge is 0.273 e. The first-order valence-corrected chi connectivity index (χ1v) is 10.3. The van der Waals surface area contributed by atoms with E-state index in [1.807, 2.05) is 6.07 Å². The second-order valence-corrected chi connectivity index (χ2v) is 8.80. The van der Waals surface area contributed by atoms with Gasteiger partial charge in [-0.25, -0.2) is 8.42 Å². The molecular formula is C16H17ClN2O3S2. The first-order valence-electron chi connectivity index (χ1n) is 7.65. The number of sulfonamides is 1. The number of nitrogens with one attached hydrogen (secondary N) is 2. The number of amides is 1. The zero-order valence-electron chi connectivity index (χ0n) is 12.8. The van der Waals surface area contributed by atoms with E-state index >= 15 is 0 Å². The molecule has 8 heteroatoms. The van der Waals surface area contributed by atoms with Crippen molar-refractivity contribution in [3.63, 3.8) is 0 Å². The van der Waals surface area contributed by atoms with Crippen LogP contribution in [0.1, 0.15) is 39.4 Å². The number of rotatable bonds is 4. The Morgan fingerprint density at radius 2 is 1.88 bits per heavy atom. The minimum Gasteiger partial charge on any atom is -0.273 e. The molecule has 0 bridgehead atoms. The number of thiophene rings is 1. The SMILES string of the molecule is O=C(NNS(=O)(=O)c1ccccc1Cl)c1cc2c(s1)CCCCC2. The molecule has 0 atom stereocenters. The first-order chi connectivity index (χ1) is 11.5. The van der Waals surface area contributed by atoms with Crippen LogP contribution in [0.4, 0.5) is 0 Å². The van der Waals surface area contributed by atoms with Gasteiger partial charge >= 0.3 is 0 Å². The summed E-state index contributed by atoms with van der Waals surface area (Å²) in [5.41, 5.74) is 3.47. The van der Waals surface area contributed by atoms with E-state index in [9.17, 15) is 13.2 Å². The van der Waals surface area contributed by atoms with Gasteiger partial charge in [0, 0.05) is 4.88 Å². The number of hydrazine groups is 1. The Morgan fingerprint density at radius 1 is 1.12 bits per heavy atom. The number of carbonyl (C=O) groups excluding carboxylic acids is 1. The van der Waals surface area contributed by atoms with E-state index in [1.54, 1.807) is 12.1 Å². The van der Waals surface area contributed by atoms with Crippen LogP contribution in [-0.4, -0.2) is 14.3 Å². The van der Waals surface area contributed by atoms with Crippen molar-refractivity contribution in [3.05, 3.63) is 50.7 Å². The average Bonchev–Trinajstić information content (AvgIpc) is 2.84. The van der Waals surface area contributed by atoms with Gasteiger partial charge in [-0.2, -0.15) is 0 Å². The maximum absolute atomic E-state index is 12.3. The minimum atomic E-state index is -3.91. The van der Waals surface area contributed by atoms with Crippen molar-refractivity contribution >= 4 is 38.9 Å². The number of benzene rings is 1. The Bertz CT molecular complexity index is 838. The molecule has 1 aliphatic rings. The van der Waals surface area contributed by atoms with Crippen LogP contribution in [0.3, 0.4) is 0 Å². The summed E-state index contributed by atoms with van der Waals surface area (Å²) in [6.07, 6.45) is 5.43. The van der Waals surface area contributed by atoms with Crippen molar-refractivity contribution in [2.24, 2.45) is 0 Å². The van der Waals surface area contributed by atoms with Gasteiger partial charge < -0.3 is 0 Å². The lowest BCUT2D eigenvalue weighted by atomic mass is 10.1. The number of carbonyl (C=O) groups is 1. The van der Waals surface area contributed by atoms with Gasteiger partial charge in [-0.15, -0.1) is 16.2 Å². The maximum Gasteiger partial charge on any atom is 0.276 e. The monoisotopic (exact) mass is 384 g/mol. The number of aryl methyl sites for hydroxylation is 2. The molecular weight excluding hydrogens is 368 g/mol. The van der Waals surface area contributed by atoms with Crippen LogP contribution in [0.2, 0.25) is 5.02 Å². The highest BCUT2D eigenvalue weighted by atomic mass is 35.5. The molecule has 0 saturated heterocycles. The second kappa shape index (κ2) is 7.23.